The third-order valence-corrected chi connectivity index (χ3v) is 9.47. The Kier molecular flexibility index (Phi) is 11.6. The van der Waals surface area contributed by atoms with Gasteiger partial charge < -0.3 is 15.0 Å². The van der Waals surface area contributed by atoms with Crippen LogP contribution in [0.1, 0.15) is 36.1 Å². The molecule has 242 valence electrons. The van der Waals surface area contributed by atoms with Crippen molar-refractivity contribution in [1.82, 2.24) is 10.2 Å². The molecule has 4 aromatic rings. The Morgan fingerprint density at radius 3 is 1.93 bits per heavy atom. The van der Waals surface area contributed by atoms with Gasteiger partial charge in [-0.25, -0.2) is 8.42 Å². The Hall–Kier alpha value is -4.63. The number of hydrogen-bond donors (Lipinski definition) is 1. The van der Waals surface area contributed by atoms with Crippen molar-refractivity contribution in [2.75, 3.05) is 24.5 Å². The molecular weight excluding hydrogens is 598 g/mol. The maximum atomic E-state index is 14.5. The summed E-state index contributed by atoms with van der Waals surface area (Å²) < 4.78 is 34.7. The first-order valence-corrected chi connectivity index (χ1v) is 16.8. The van der Waals surface area contributed by atoms with Crippen molar-refractivity contribution < 1.29 is 22.7 Å². The predicted octanol–water partition coefficient (Wildman–Crippen LogP) is 5.92. The molecule has 8 nitrogen and oxygen atoms in total. The number of carbonyl (C=O) groups is 2. The van der Waals surface area contributed by atoms with Gasteiger partial charge in [0.05, 0.1) is 17.7 Å². The minimum atomic E-state index is -4.20. The number of sulfonamides is 1. The number of methoxy groups -OCH3 is 1. The van der Waals surface area contributed by atoms with Gasteiger partial charge >= 0.3 is 0 Å². The van der Waals surface area contributed by atoms with E-state index in [0.717, 1.165) is 26.6 Å². The summed E-state index contributed by atoms with van der Waals surface area (Å²) in [5, 5.41) is 3.01. The number of ether oxygens (including phenoxy) is 1. The quantitative estimate of drug-likeness (QED) is 0.185. The van der Waals surface area contributed by atoms with E-state index in [-0.39, 0.29) is 29.7 Å². The zero-order valence-corrected chi connectivity index (χ0v) is 28.0. The van der Waals surface area contributed by atoms with Crippen LogP contribution in [0.3, 0.4) is 0 Å². The molecule has 1 N–H and O–H groups in total. The number of aryl methyl sites for hydroxylation is 2. The number of nitrogens with one attached hydrogen (secondary N) is 1. The number of carbonyl (C=O) groups excluding carboxylic acids is 2. The van der Waals surface area contributed by atoms with Crippen LogP contribution in [0.2, 0.25) is 0 Å². The van der Waals surface area contributed by atoms with Gasteiger partial charge in [-0.15, -0.1) is 0 Å². The monoisotopic (exact) mass is 641 g/mol. The number of hydrogen-bond acceptors (Lipinski definition) is 5. The molecule has 0 aliphatic heterocycles. The van der Waals surface area contributed by atoms with E-state index in [2.05, 4.69) is 5.32 Å². The van der Waals surface area contributed by atoms with E-state index in [1.807, 2.05) is 82.3 Å². The summed E-state index contributed by atoms with van der Waals surface area (Å²) in [5.41, 5.74) is 4.06. The summed E-state index contributed by atoms with van der Waals surface area (Å²) in [4.78, 5) is 29.9. The summed E-state index contributed by atoms with van der Waals surface area (Å²) in [7, 11) is -2.69. The molecule has 0 saturated carbocycles. The SMILES string of the molecule is COc1ccc(S(=O)(=O)N(CC(=O)N(Cc2ccc(C)cc2)C(Cc2ccccc2)C(=O)NCC(C)C)c2ccc(C)cc2)cc1. The van der Waals surface area contributed by atoms with Crippen molar-refractivity contribution in [3.05, 3.63) is 125 Å². The molecule has 1 unspecified atom stereocenters. The van der Waals surface area contributed by atoms with Crippen LogP contribution < -0.4 is 14.4 Å². The molecule has 46 heavy (non-hydrogen) atoms. The zero-order valence-electron chi connectivity index (χ0n) is 27.1. The normalized spacial score (nSPS) is 12.0. The fourth-order valence-electron chi connectivity index (χ4n) is 4.98. The van der Waals surface area contributed by atoms with Gasteiger partial charge in [0, 0.05) is 19.5 Å². The Morgan fingerprint density at radius 2 is 1.37 bits per heavy atom. The van der Waals surface area contributed by atoms with Crippen LogP contribution >= 0.6 is 0 Å². The Labute approximate surface area is 273 Å². The van der Waals surface area contributed by atoms with Crippen molar-refractivity contribution in [3.8, 4) is 5.75 Å². The van der Waals surface area contributed by atoms with Crippen LogP contribution in [-0.4, -0.2) is 51.4 Å². The third-order valence-electron chi connectivity index (χ3n) is 7.68. The van der Waals surface area contributed by atoms with E-state index in [9.17, 15) is 18.0 Å². The lowest BCUT2D eigenvalue weighted by molar-refractivity contribution is -0.140. The largest absolute Gasteiger partial charge is 0.497 e. The van der Waals surface area contributed by atoms with Crippen molar-refractivity contribution >= 4 is 27.5 Å². The first-order chi connectivity index (χ1) is 22.0. The van der Waals surface area contributed by atoms with Crippen LogP contribution in [0.4, 0.5) is 5.69 Å². The molecule has 4 aromatic carbocycles. The average Bonchev–Trinajstić information content (AvgIpc) is 3.05. The molecule has 0 fully saturated rings. The minimum absolute atomic E-state index is 0.0160. The second-order valence-electron chi connectivity index (χ2n) is 11.9. The molecule has 0 radical (unpaired) electrons. The van der Waals surface area contributed by atoms with Gasteiger partial charge in [-0.05, 0) is 67.3 Å². The molecule has 0 aromatic heterocycles. The molecule has 1 atom stereocenters. The number of nitrogens with zero attached hydrogens (tertiary/aromatic N) is 2. The number of amides is 2. The van der Waals surface area contributed by atoms with Gasteiger partial charge in [-0.2, -0.15) is 0 Å². The second-order valence-corrected chi connectivity index (χ2v) is 13.7. The van der Waals surface area contributed by atoms with E-state index < -0.39 is 28.5 Å². The van der Waals surface area contributed by atoms with Crippen LogP contribution in [0.15, 0.2) is 108 Å². The third kappa shape index (κ3) is 8.97. The Bertz CT molecular complexity index is 1690. The van der Waals surface area contributed by atoms with E-state index in [4.69, 9.17) is 4.74 Å². The Morgan fingerprint density at radius 1 is 0.783 bits per heavy atom. The van der Waals surface area contributed by atoms with Crippen LogP contribution in [0, 0.1) is 19.8 Å². The van der Waals surface area contributed by atoms with Crippen molar-refractivity contribution in [2.45, 2.75) is 51.6 Å². The maximum Gasteiger partial charge on any atom is 0.264 e. The fraction of sp³-hybridized carbons (Fsp3) is 0.297. The standard InChI is InChI=1S/C37H43N3O5S/c1-27(2)24-38-37(42)35(23-30-9-7-6-8-10-30)39(25-31-15-11-28(3)12-16-31)36(41)26-40(32-17-13-29(4)14-18-32)46(43,44)34-21-19-33(45-5)20-22-34/h6-22,27,35H,23-26H2,1-5H3,(H,38,42). The summed E-state index contributed by atoms with van der Waals surface area (Å²) in [6.45, 7) is 7.95. The van der Waals surface area contributed by atoms with E-state index in [0.29, 0.717) is 18.0 Å². The first kappa shape index (κ1) is 34.2. The molecule has 0 aliphatic rings. The van der Waals surface area contributed by atoms with Crippen LogP contribution in [0.25, 0.3) is 0 Å². The van der Waals surface area contributed by atoms with Crippen LogP contribution in [0.5, 0.6) is 5.75 Å². The highest BCUT2D eigenvalue weighted by Gasteiger charge is 2.34. The van der Waals surface area contributed by atoms with Gasteiger partial charge in [0.25, 0.3) is 10.0 Å². The lowest BCUT2D eigenvalue weighted by Gasteiger charge is -2.34. The highest BCUT2D eigenvalue weighted by molar-refractivity contribution is 7.92. The summed E-state index contributed by atoms with van der Waals surface area (Å²) in [6.07, 6.45) is 0.262. The minimum Gasteiger partial charge on any atom is -0.497 e. The summed E-state index contributed by atoms with van der Waals surface area (Å²) in [5.74, 6) is -0.0802. The molecule has 0 aliphatic carbocycles. The molecule has 9 heteroatoms. The number of rotatable bonds is 14. The van der Waals surface area contributed by atoms with E-state index >= 15 is 0 Å². The molecule has 0 spiro atoms. The highest BCUT2D eigenvalue weighted by Crippen LogP contribution is 2.27. The maximum absolute atomic E-state index is 14.5. The predicted molar refractivity (Wildman–Crippen MR) is 182 cm³/mol. The zero-order chi connectivity index (χ0) is 33.3. The van der Waals surface area contributed by atoms with E-state index in [1.54, 1.807) is 36.4 Å². The molecule has 2 amide bonds. The van der Waals surface area contributed by atoms with Gasteiger partial charge in [-0.3, -0.25) is 13.9 Å². The fourth-order valence-corrected chi connectivity index (χ4v) is 6.40. The Balaban J connectivity index is 1.79. The summed E-state index contributed by atoms with van der Waals surface area (Å²) in [6, 6.07) is 29.4. The van der Waals surface area contributed by atoms with Crippen molar-refractivity contribution in [3.63, 3.8) is 0 Å². The molecular formula is C37H43N3O5S. The smallest absolute Gasteiger partial charge is 0.264 e. The number of benzene rings is 4. The highest BCUT2D eigenvalue weighted by atomic mass is 32.2. The van der Waals surface area contributed by atoms with Gasteiger partial charge in [0.1, 0.15) is 18.3 Å². The number of anilines is 1. The lowest BCUT2D eigenvalue weighted by atomic mass is 10.0. The lowest BCUT2D eigenvalue weighted by Crippen LogP contribution is -2.53. The molecule has 4 rings (SSSR count). The van der Waals surface area contributed by atoms with Gasteiger partial charge in [0.2, 0.25) is 11.8 Å². The van der Waals surface area contributed by atoms with Crippen molar-refractivity contribution in [2.24, 2.45) is 5.92 Å². The van der Waals surface area contributed by atoms with Gasteiger partial charge in [0.15, 0.2) is 0 Å². The van der Waals surface area contributed by atoms with Crippen molar-refractivity contribution in [1.29, 1.82) is 0 Å². The second kappa shape index (κ2) is 15.6. The summed E-state index contributed by atoms with van der Waals surface area (Å²) >= 11 is 0. The molecule has 0 heterocycles. The first-order valence-electron chi connectivity index (χ1n) is 15.4. The van der Waals surface area contributed by atoms with E-state index in [1.165, 1.54) is 24.1 Å². The van der Waals surface area contributed by atoms with Gasteiger partial charge in [-0.1, -0.05) is 91.7 Å². The topological polar surface area (TPSA) is 96.0 Å². The average molecular weight is 642 g/mol. The molecule has 0 saturated heterocycles. The van der Waals surface area contributed by atoms with Crippen LogP contribution in [-0.2, 0) is 32.6 Å². The molecule has 0 bridgehead atoms.